The molecular weight excluding hydrogens is 408 g/mol. The third-order valence-corrected chi connectivity index (χ3v) is 5.92. The van der Waals surface area contributed by atoms with Gasteiger partial charge in [-0.25, -0.2) is 0 Å². The van der Waals surface area contributed by atoms with E-state index in [4.69, 9.17) is 0 Å². The number of nitrogens with zero attached hydrogens (tertiary/aromatic N) is 1. The van der Waals surface area contributed by atoms with Crippen molar-refractivity contribution in [1.29, 1.82) is 0 Å². The van der Waals surface area contributed by atoms with Crippen molar-refractivity contribution < 1.29 is 14.4 Å². The lowest BCUT2D eigenvalue weighted by molar-refractivity contribution is 0.0996. The maximum Gasteiger partial charge on any atom is 0.285 e. The Kier molecular flexibility index (Phi) is 6.92. The van der Waals surface area contributed by atoms with Crippen LogP contribution >= 0.6 is 11.8 Å². The Morgan fingerprint density at radius 3 is 2.06 bits per heavy atom. The molecule has 0 aromatic heterocycles. The second kappa shape index (κ2) is 9.62. The molecule has 0 heterocycles. The predicted molar refractivity (Wildman–Crippen MR) is 125 cm³/mol. The largest absolute Gasteiger partial charge is 0.339 e. The quantitative estimate of drug-likeness (QED) is 0.423. The molecule has 0 aliphatic carbocycles. The van der Waals surface area contributed by atoms with Gasteiger partial charge in [0, 0.05) is 35.8 Å². The van der Waals surface area contributed by atoms with Crippen molar-refractivity contribution in [2.45, 2.75) is 18.7 Å². The smallest absolute Gasteiger partial charge is 0.285 e. The van der Waals surface area contributed by atoms with Gasteiger partial charge in [-0.15, -0.1) is 0 Å². The molecule has 0 unspecified atom stereocenters. The standard InChI is InChI=1S/C25H24N2O3S/c1-16-9-10-18(15-17(16)2)23(28)21-7-5-6-8-22(21)24(29)26-19-11-13-20(14-12-19)31-25(30)27(3)4/h5-15H,1-4H3,(H,26,29). The Balaban J connectivity index is 1.79. The number of aryl methyl sites for hydroxylation is 2. The number of amides is 2. The number of carbonyl (C=O) groups excluding carboxylic acids is 3. The molecule has 0 fully saturated rings. The highest BCUT2D eigenvalue weighted by Gasteiger charge is 2.18. The molecule has 5 nitrogen and oxygen atoms in total. The zero-order valence-electron chi connectivity index (χ0n) is 17.9. The lowest BCUT2D eigenvalue weighted by Crippen LogP contribution is -2.17. The van der Waals surface area contributed by atoms with Crippen LogP contribution in [0.5, 0.6) is 0 Å². The van der Waals surface area contributed by atoms with E-state index in [-0.39, 0.29) is 16.9 Å². The Morgan fingerprint density at radius 2 is 1.45 bits per heavy atom. The first kappa shape index (κ1) is 22.3. The van der Waals surface area contributed by atoms with E-state index in [1.54, 1.807) is 68.7 Å². The van der Waals surface area contributed by atoms with Crippen LogP contribution in [-0.4, -0.2) is 35.9 Å². The van der Waals surface area contributed by atoms with Crippen LogP contribution in [-0.2, 0) is 0 Å². The molecule has 0 radical (unpaired) electrons. The second-order valence-electron chi connectivity index (χ2n) is 7.41. The van der Waals surface area contributed by atoms with Crippen LogP contribution in [0.4, 0.5) is 10.5 Å². The number of hydrogen-bond acceptors (Lipinski definition) is 4. The van der Waals surface area contributed by atoms with Crippen molar-refractivity contribution in [1.82, 2.24) is 4.90 Å². The average Bonchev–Trinajstić information content (AvgIpc) is 2.76. The molecule has 0 aliphatic rings. The fourth-order valence-corrected chi connectivity index (χ4v) is 3.57. The van der Waals surface area contributed by atoms with Crippen molar-refractivity contribution in [3.05, 3.63) is 94.5 Å². The summed E-state index contributed by atoms with van der Waals surface area (Å²) in [5.41, 5.74) is 3.93. The molecule has 0 atom stereocenters. The van der Waals surface area contributed by atoms with Crippen molar-refractivity contribution in [2.75, 3.05) is 19.4 Å². The van der Waals surface area contributed by atoms with Crippen molar-refractivity contribution in [3.8, 4) is 0 Å². The van der Waals surface area contributed by atoms with Gasteiger partial charge in [0.05, 0.1) is 5.56 Å². The fraction of sp³-hybridized carbons (Fsp3) is 0.160. The normalized spacial score (nSPS) is 10.5. The molecule has 0 saturated heterocycles. The van der Waals surface area contributed by atoms with E-state index in [9.17, 15) is 14.4 Å². The Labute approximate surface area is 186 Å². The molecule has 3 aromatic carbocycles. The summed E-state index contributed by atoms with van der Waals surface area (Å²) in [6.45, 7) is 3.95. The number of thioether (sulfide) groups is 1. The number of rotatable bonds is 5. The van der Waals surface area contributed by atoms with Gasteiger partial charge in [-0.3, -0.25) is 14.4 Å². The molecule has 31 heavy (non-hydrogen) atoms. The van der Waals surface area contributed by atoms with Crippen LogP contribution in [0.25, 0.3) is 0 Å². The Morgan fingerprint density at radius 1 is 0.806 bits per heavy atom. The highest BCUT2D eigenvalue weighted by atomic mass is 32.2. The van der Waals surface area contributed by atoms with Gasteiger partial charge in [-0.2, -0.15) is 0 Å². The van der Waals surface area contributed by atoms with E-state index in [2.05, 4.69) is 5.32 Å². The molecule has 0 saturated carbocycles. The lowest BCUT2D eigenvalue weighted by atomic mass is 9.95. The van der Waals surface area contributed by atoms with E-state index in [0.717, 1.165) is 27.8 Å². The number of benzene rings is 3. The van der Waals surface area contributed by atoms with Gasteiger partial charge < -0.3 is 10.2 Å². The summed E-state index contributed by atoms with van der Waals surface area (Å²) in [4.78, 5) is 40.1. The molecule has 3 aromatic rings. The van der Waals surface area contributed by atoms with Crippen molar-refractivity contribution >= 4 is 34.4 Å². The number of hydrogen-bond donors (Lipinski definition) is 1. The highest BCUT2D eigenvalue weighted by molar-refractivity contribution is 8.13. The van der Waals surface area contributed by atoms with Gasteiger partial charge in [0.25, 0.3) is 11.1 Å². The minimum absolute atomic E-state index is 0.0735. The van der Waals surface area contributed by atoms with E-state index in [0.29, 0.717) is 22.4 Å². The first-order chi connectivity index (χ1) is 14.8. The minimum atomic E-state index is -0.363. The zero-order chi connectivity index (χ0) is 22.5. The van der Waals surface area contributed by atoms with Gasteiger partial charge >= 0.3 is 0 Å². The summed E-state index contributed by atoms with van der Waals surface area (Å²) in [5.74, 6) is -0.555. The summed E-state index contributed by atoms with van der Waals surface area (Å²) in [7, 11) is 3.39. The monoisotopic (exact) mass is 432 g/mol. The second-order valence-corrected chi connectivity index (χ2v) is 8.44. The molecule has 158 valence electrons. The van der Waals surface area contributed by atoms with Gasteiger partial charge in [-0.05, 0) is 73.1 Å². The van der Waals surface area contributed by atoms with Crippen LogP contribution < -0.4 is 5.32 Å². The number of nitrogens with one attached hydrogen (secondary N) is 1. The third-order valence-electron chi connectivity index (χ3n) is 4.87. The molecule has 1 N–H and O–H groups in total. The van der Waals surface area contributed by atoms with Gasteiger partial charge in [0.15, 0.2) is 5.78 Å². The number of carbonyl (C=O) groups is 3. The summed E-state index contributed by atoms with van der Waals surface area (Å²) in [5, 5.41) is 2.76. The summed E-state index contributed by atoms with van der Waals surface area (Å²) >= 11 is 1.11. The molecular formula is C25H24N2O3S. The number of ketones is 1. The molecule has 2 amide bonds. The van der Waals surface area contributed by atoms with Gasteiger partial charge in [0.1, 0.15) is 0 Å². The fourth-order valence-electron chi connectivity index (χ4n) is 2.91. The van der Waals surface area contributed by atoms with E-state index >= 15 is 0 Å². The Bertz CT molecular complexity index is 1140. The van der Waals surface area contributed by atoms with E-state index < -0.39 is 0 Å². The topological polar surface area (TPSA) is 66.5 Å². The zero-order valence-corrected chi connectivity index (χ0v) is 18.7. The van der Waals surface area contributed by atoms with Crippen LogP contribution in [0, 0.1) is 13.8 Å². The molecule has 0 spiro atoms. The predicted octanol–water partition coefficient (Wildman–Crippen LogP) is 5.56. The van der Waals surface area contributed by atoms with Crippen molar-refractivity contribution in [2.24, 2.45) is 0 Å². The van der Waals surface area contributed by atoms with E-state index in [1.165, 1.54) is 4.90 Å². The lowest BCUT2D eigenvalue weighted by Gasteiger charge is -2.12. The first-order valence-corrected chi connectivity index (χ1v) is 10.6. The van der Waals surface area contributed by atoms with Crippen molar-refractivity contribution in [3.63, 3.8) is 0 Å². The van der Waals surface area contributed by atoms with Gasteiger partial charge in [0.2, 0.25) is 0 Å². The average molecular weight is 433 g/mol. The van der Waals surface area contributed by atoms with Crippen LogP contribution in [0.3, 0.4) is 0 Å². The molecule has 0 aliphatic heterocycles. The van der Waals surface area contributed by atoms with Crippen LogP contribution in [0.1, 0.15) is 37.4 Å². The highest BCUT2D eigenvalue weighted by Crippen LogP contribution is 2.23. The first-order valence-electron chi connectivity index (χ1n) is 9.78. The van der Waals surface area contributed by atoms with Crippen LogP contribution in [0.2, 0.25) is 0 Å². The summed E-state index contributed by atoms with van der Waals surface area (Å²) in [6.07, 6.45) is 0. The maximum absolute atomic E-state index is 13.1. The van der Waals surface area contributed by atoms with Crippen LogP contribution in [0.15, 0.2) is 71.6 Å². The van der Waals surface area contributed by atoms with E-state index in [1.807, 2.05) is 26.0 Å². The summed E-state index contributed by atoms with van der Waals surface area (Å²) < 4.78 is 0. The molecule has 6 heteroatoms. The number of anilines is 1. The third kappa shape index (κ3) is 5.41. The van der Waals surface area contributed by atoms with Gasteiger partial charge in [-0.1, -0.05) is 30.3 Å². The summed E-state index contributed by atoms with van der Waals surface area (Å²) in [6, 6.07) is 19.3. The minimum Gasteiger partial charge on any atom is -0.339 e. The molecule has 0 bridgehead atoms. The maximum atomic E-state index is 13.1. The SMILES string of the molecule is Cc1ccc(C(=O)c2ccccc2C(=O)Nc2ccc(SC(=O)N(C)C)cc2)cc1C. The molecule has 3 rings (SSSR count). The Hall–Kier alpha value is -3.38.